The maximum atomic E-state index is 6.07. The van der Waals surface area contributed by atoms with Crippen LogP contribution in [0.25, 0.3) is 0 Å². The van der Waals surface area contributed by atoms with E-state index >= 15 is 0 Å². The second-order valence-corrected chi connectivity index (χ2v) is 6.29. The van der Waals surface area contributed by atoms with Crippen LogP contribution in [0.1, 0.15) is 57.7 Å². The van der Waals surface area contributed by atoms with Crippen molar-refractivity contribution >= 4 is 11.8 Å². The number of aromatic nitrogens is 2. The average Bonchev–Trinajstić information content (AvgIpc) is 2.97. The van der Waals surface area contributed by atoms with Crippen molar-refractivity contribution in [2.45, 2.75) is 62.5 Å². The summed E-state index contributed by atoms with van der Waals surface area (Å²) in [5.74, 6) is 2.18. The van der Waals surface area contributed by atoms with E-state index in [0.29, 0.717) is 5.89 Å². The predicted octanol–water partition coefficient (Wildman–Crippen LogP) is 2.83. The highest BCUT2D eigenvalue weighted by Gasteiger charge is 2.26. The smallest absolute Gasteiger partial charge is 0.246 e. The third-order valence-corrected chi connectivity index (χ3v) is 4.81. The molecule has 1 unspecified atom stereocenters. The van der Waals surface area contributed by atoms with Gasteiger partial charge in [0.05, 0.1) is 11.3 Å². The van der Waals surface area contributed by atoms with Crippen LogP contribution in [-0.2, 0) is 11.3 Å². The molecule has 0 saturated heterocycles. The van der Waals surface area contributed by atoms with Gasteiger partial charge < -0.3 is 10.3 Å². The molecule has 96 valence electrons. The molecule has 2 N–H and O–H groups in total. The molecule has 1 fully saturated rings. The summed E-state index contributed by atoms with van der Waals surface area (Å²) in [6, 6.07) is 0. The summed E-state index contributed by atoms with van der Waals surface area (Å²) in [5, 5.41) is 4.79. The molecule has 17 heavy (non-hydrogen) atoms. The largest absolute Gasteiger partial charge is 0.337 e. The Morgan fingerprint density at radius 1 is 1.47 bits per heavy atom. The van der Waals surface area contributed by atoms with Crippen molar-refractivity contribution in [1.82, 2.24) is 10.1 Å². The van der Waals surface area contributed by atoms with E-state index in [2.05, 4.69) is 10.1 Å². The van der Waals surface area contributed by atoms with Gasteiger partial charge in [-0.2, -0.15) is 16.7 Å². The van der Waals surface area contributed by atoms with E-state index < -0.39 is 5.54 Å². The second-order valence-electron chi connectivity index (χ2n) is 5.00. The lowest BCUT2D eigenvalue weighted by Crippen LogP contribution is -2.32. The van der Waals surface area contributed by atoms with Crippen molar-refractivity contribution in [2.75, 3.05) is 0 Å². The fraction of sp³-hybridized carbons (Fsp3) is 0.833. The summed E-state index contributed by atoms with van der Waals surface area (Å²) < 4.78 is 5.24. The highest BCUT2D eigenvalue weighted by Crippen LogP contribution is 2.31. The van der Waals surface area contributed by atoms with Gasteiger partial charge in [0.25, 0.3) is 0 Å². The Bertz CT molecular complexity index is 358. The van der Waals surface area contributed by atoms with Crippen LogP contribution in [0, 0.1) is 0 Å². The molecule has 1 saturated carbocycles. The molecule has 0 radical (unpaired) electrons. The van der Waals surface area contributed by atoms with Crippen LogP contribution in [-0.4, -0.2) is 15.4 Å². The van der Waals surface area contributed by atoms with Crippen LogP contribution >= 0.6 is 11.8 Å². The third kappa shape index (κ3) is 3.22. The Balaban J connectivity index is 1.89. The molecular weight excluding hydrogens is 234 g/mol. The number of thioether (sulfide) groups is 1. The standard InChI is InChI=1S/C12H21N3OS/c1-3-12(2,13)11-14-10(15-16-11)8-17-9-6-4-5-7-9/h9H,3-8,13H2,1-2H3. The molecule has 0 spiro atoms. The lowest BCUT2D eigenvalue weighted by atomic mass is 10.0. The van der Waals surface area contributed by atoms with Crippen molar-refractivity contribution in [3.63, 3.8) is 0 Å². The van der Waals surface area contributed by atoms with Crippen molar-refractivity contribution in [3.05, 3.63) is 11.7 Å². The SMILES string of the molecule is CCC(C)(N)c1nc(CSC2CCCC2)no1. The zero-order valence-electron chi connectivity index (χ0n) is 10.6. The molecule has 5 heteroatoms. The fourth-order valence-electron chi connectivity index (χ4n) is 1.94. The Kier molecular flexibility index (Phi) is 4.09. The normalized spacial score (nSPS) is 20.6. The van der Waals surface area contributed by atoms with Crippen LogP contribution in [0.4, 0.5) is 0 Å². The molecule has 0 amide bonds. The molecule has 1 aliphatic carbocycles. The van der Waals surface area contributed by atoms with E-state index in [-0.39, 0.29) is 0 Å². The van der Waals surface area contributed by atoms with E-state index in [9.17, 15) is 0 Å². The zero-order valence-corrected chi connectivity index (χ0v) is 11.4. The van der Waals surface area contributed by atoms with Gasteiger partial charge in [-0.05, 0) is 26.2 Å². The molecule has 2 rings (SSSR count). The van der Waals surface area contributed by atoms with Gasteiger partial charge in [-0.25, -0.2) is 0 Å². The number of nitrogens with two attached hydrogens (primary N) is 1. The predicted molar refractivity (Wildman–Crippen MR) is 69.7 cm³/mol. The quantitative estimate of drug-likeness (QED) is 0.876. The van der Waals surface area contributed by atoms with Gasteiger partial charge >= 0.3 is 0 Å². The summed E-state index contributed by atoms with van der Waals surface area (Å²) in [7, 11) is 0. The molecule has 4 nitrogen and oxygen atoms in total. The van der Waals surface area contributed by atoms with E-state index in [1.807, 2.05) is 25.6 Å². The summed E-state index contributed by atoms with van der Waals surface area (Å²) in [6.45, 7) is 3.95. The Labute approximate surface area is 107 Å². The monoisotopic (exact) mass is 255 g/mol. The molecule has 1 aromatic heterocycles. The maximum Gasteiger partial charge on any atom is 0.246 e. The second kappa shape index (κ2) is 5.40. The zero-order chi connectivity index (χ0) is 12.3. The molecule has 0 aromatic carbocycles. The van der Waals surface area contributed by atoms with Crippen LogP contribution in [0.3, 0.4) is 0 Å². The molecule has 0 aliphatic heterocycles. The van der Waals surface area contributed by atoms with Gasteiger partial charge in [0.15, 0.2) is 5.82 Å². The summed E-state index contributed by atoms with van der Waals surface area (Å²) in [5.41, 5.74) is 5.57. The lowest BCUT2D eigenvalue weighted by Gasteiger charge is -2.16. The molecule has 1 aromatic rings. The van der Waals surface area contributed by atoms with Gasteiger partial charge in [-0.15, -0.1) is 0 Å². The van der Waals surface area contributed by atoms with E-state index in [0.717, 1.165) is 23.2 Å². The Morgan fingerprint density at radius 3 is 2.82 bits per heavy atom. The highest BCUT2D eigenvalue weighted by atomic mass is 32.2. The van der Waals surface area contributed by atoms with Gasteiger partial charge in [-0.3, -0.25) is 0 Å². The van der Waals surface area contributed by atoms with Gasteiger partial charge in [0, 0.05) is 5.25 Å². The van der Waals surface area contributed by atoms with E-state index in [1.54, 1.807) is 0 Å². The minimum atomic E-state index is -0.497. The summed E-state index contributed by atoms with van der Waals surface area (Å²) in [4.78, 5) is 4.39. The van der Waals surface area contributed by atoms with Crippen LogP contribution in [0.2, 0.25) is 0 Å². The maximum absolute atomic E-state index is 6.07. The first kappa shape index (κ1) is 12.9. The van der Waals surface area contributed by atoms with Crippen molar-refractivity contribution in [3.8, 4) is 0 Å². The number of nitrogens with zero attached hydrogens (tertiary/aromatic N) is 2. The van der Waals surface area contributed by atoms with Crippen LogP contribution < -0.4 is 5.73 Å². The first-order chi connectivity index (χ1) is 8.12. The third-order valence-electron chi connectivity index (χ3n) is 3.44. The Hall–Kier alpha value is -0.550. The molecule has 1 aliphatic rings. The van der Waals surface area contributed by atoms with Crippen molar-refractivity contribution < 1.29 is 4.52 Å². The molecule has 1 heterocycles. The first-order valence-corrected chi connectivity index (χ1v) is 7.40. The number of rotatable bonds is 5. The van der Waals surface area contributed by atoms with Crippen molar-refractivity contribution in [1.29, 1.82) is 0 Å². The average molecular weight is 255 g/mol. The number of hydrogen-bond acceptors (Lipinski definition) is 5. The van der Waals surface area contributed by atoms with E-state index in [4.69, 9.17) is 10.3 Å². The van der Waals surface area contributed by atoms with Gasteiger partial charge in [0.1, 0.15) is 0 Å². The first-order valence-electron chi connectivity index (χ1n) is 6.35. The highest BCUT2D eigenvalue weighted by molar-refractivity contribution is 7.99. The Morgan fingerprint density at radius 2 is 2.18 bits per heavy atom. The van der Waals surface area contributed by atoms with Crippen LogP contribution in [0.5, 0.6) is 0 Å². The number of hydrogen-bond donors (Lipinski definition) is 1. The van der Waals surface area contributed by atoms with Gasteiger partial charge in [-0.1, -0.05) is 24.9 Å². The molecular formula is C12H21N3OS. The summed E-state index contributed by atoms with van der Waals surface area (Å²) in [6.07, 6.45) is 6.19. The van der Waals surface area contributed by atoms with Crippen LogP contribution in [0.15, 0.2) is 4.52 Å². The van der Waals surface area contributed by atoms with E-state index in [1.165, 1.54) is 25.7 Å². The minimum absolute atomic E-state index is 0.497. The minimum Gasteiger partial charge on any atom is -0.337 e. The topological polar surface area (TPSA) is 64.9 Å². The molecule has 1 atom stereocenters. The molecule has 0 bridgehead atoms. The lowest BCUT2D eigenvalue weighted by molar-refractivity contribution is 0.290. The summed E-state index contributed by atoms with van der Waals surface area (Å²) >= 11 is 1.94. The van der Waals surface area contributed by atoms with Gasteiger partial charge in [0.2, 0.25) is 5.89 Å². The fourth-order valence-corrected chi connectivity index (χ4v) is 3.11. The van der Waals surface area contributed by atoms with Crippen molar-refractivity contribution in [2.24, 2.45) is 5.73 Å².